The van der Waals surface area contributed by atoms with E-state index >= 15 is 0 Å². The number of methoxy groups -OCH3 is 2. The third-order valence-corrected chi connectivity index (χ3v) is 3.83. The first-order valence-electron chi connectivity index (χ1n) is 6.21. The smallest absolute Gasteiger partial charge is 0.161 e. The molecule has 0 unspecified atom stereocenters. The van der Waals surface area contributed by atoms with E-state index in [4.69, 9.17) is 21.6 Å². The Morgan fingerprint density at radius 2 is 1.95 bits per heavy atom. The van der Waals surface area contributed by atoms with Gasteiger partial charge in [0.25, 0.3) is 0 Å². The zero-order valence-corrected chi connectivity index (χ0v) is 13.7. The fourth-order valence-electron chi connectivity index (χ4n) is 2.11. The standard InChI is InChI=1S/C15H16BrN3O2/c1-5-6-19-9(2)18-14(15(19)17)10-7-12(20-3)13(21-4)8-11(10)16/h1,7-8H,6,17H2,2-4H3. The molecule has 2 rings (SSSR count). The maximum absolute atomic E-state index is 6.17. The van der Waals surface area contributed by atoms with Crippen LogP contribution in [-0.2, 0) is 6.54 Å². The van der Waals surface area contributed by atoms with E-state index in [1.807, 2.05) is 19.1 Å². The van der Waals surface area contributed by atoms with Gasteiger partial charge in [0.15, 0.2) is 11.5 Å². The molecule has 0 aliphatic heterocycles. The Labute approximate surface area is 132 Å². The fraction of sp³-hybridized carbons (Fsp3) is 0.267. The van der Waals surface area contributed by atoms with Crippen molar-refractivity contribution in [2.45, 2.75) is 13.5 Å². The molecule has 0 atom stereocenters. The van der Waals surface area contributed by atoms with Gasteiger partial charge in [-0.15, -0.1) is 6.42 Å². The summed E-state index contributed by atoms with van der Waals surface area (Å²) in [7, 11) is 3.17. The molecule has 110 valence electrons. The van der Waals surface area contributed by atoms with E-state index in [1.165, 1.54) is 0 Å². The number of rotatable bonds is 4. The molecule has 5 nitrogen and oxygen atoms in total. The second-order valence-electron chi connectivity index (χ2n) is 4.37. The van der Waals surface area contributed by atoms with Gasteiger partial charge in [0.2, 0.25) is 0 Å². The summed E-state index contributed by atoms with van der Waals surface area (Å²) < 4.78 is 13.2. The number of nitrogens with two attached hydrogens (primary N) is 1. The van der Waals surface area contributed by atoms with E-state index in [-0.39, 0.29) is 0 Å². The van der Waals surface area contributed by atoms with Gasteiger partial charge in [-0.2, -0.15) is 0 Å². The molecule has 2 aromatic rings. The van der Waals surface area contributed by atoms with E-state index in [0.717, 1.165) is 15.9 Å². The maximum atomic E-state index is 6.17. The van der Waals surface area contributed by atoms with Gasteiger partial charge in [0.1, 0.15) is 17.3 Å². The van der Waals surface area contributed by atoms with E-state index in [1.54, 1.807) is 18.8 Å². The maximum Gasteiger partial charge on any atom is 0.161 e. The van der Waals surface area contributed by atoms with Gasteiger partial charge in [-0.25, -0.2) is 4.98 Å². The highest BCUT2D eigenvalue weighted by Crippen LogP contribution is 2.40. The molecule has 0 saturated heterocycles. The summed E-state index contributed by atoms with van der Waals surface area (Å²) in [5, 5.41) is 0. The van der Waals surface area contributed by atoms with Crippen LogP contribution in [0.25, 0.3) is 11.3 Å². The number of terminal acetylenes is 1. The molecule has 1 aromatic carbocycles. The Bertz CT molecular complexity index is 717. The lowest BCUT2D eigenvalue weighted by Crippen LogP contribution is -2.03. The minimum absolute atomic E-state index is 0.384. The Balaban J connectivity index is 2.62. The first kappa shape index (κ1) is 15.3. The van der Waals surface area contributed by atoms with Crippen LogP contribution in [0.5, 0.6) is 11.5 Å². The van der Waals surface area contributed by atoms with Crippen LogP contribution in [-0.4, -0.2) is 23.8 Å². The molecular formula is C15H16BrN3O2. The van der Waals surface area contributed by atoms with Crippen molar-refractivity contribution in [1.29, 1.82) is 0 Å². The number of nitrogen functional groups attached to an aromatic ring is 1. The average molecular weight is 350 g/mol. The highest BCUT2D eigenvalue weighted by molar-refractivity contribution is 9.10. The number of hydrogen-bond acceptors (Lipinski definition) is 4. The lowest BCUT2D eigenvalue weighted by Gasteiger charge is -2.11. The van der Waals surface area contributed by atoms with Crippen molar-refractivity contribution in [2.24, 2.45) is 0 Å². The lowest BCUT2D eigenvalue weighted by molar-refractivity contribution is 0.355. The number of imidazole rings is 1. The number of aryl methyl sites for hydroxylation is 1. The Hall–Kier alpha value is -2.13. The number of halogens is 1. The lowest BCUT2D eigenvalue weighted by atomic mass is 10.1. The summed E-state index contributed by atoms with van der Waals surface area (Å²) >= 11 is 3.51. The van der Waals surface area contributed by atoms with Crippen molar-refractivity contribution in [2.75, 3.05) is 20.0 Å². The topological polar surface area (TPSA) is 62.3 Å². The SMILES string of the molecule is C#CCn1c(C)nc(-c2cc(OC)c(OC)cc2Br)c1N. The quantitative estimate of drug-likeness (QED) is 0.862. The first-order chi connectivity index (χ1) is 10.0. The first-order valence-corrected chi connectivity index (χ1v) is 7.00. The largest absolute Gasteiger partial charge is 0.493 e. The normalized spacial score (nSPS) is 10.2. The number of benzene rings is 1. The van der Waals surface area contributed by atoms with Crippen LogP contribution >= 0.6 is 15.9 Å². The van der Waals surface area contributed by atoms with Crippen LogP contribution < -0.4 is 15.2 Å². The Kier molecular flexibility index (Phi) is 4.43. The van der Waals surface area contributed by atoms with Crippen molar-refractivity contribution in [3.05, 3.63) is 22.4 Å². The number of nitrogens with zero attached hydrogens (tertiary/aromatic N) is 2. The van der Waals surface area contributed by atoms with Crippen LogP contribution in [0.2, 0.25) is 0 Å². The number of anilines is 1. The molecule has 0 saturated carbocycles. The summed E-state index contributed by atoms with van der Waals surface area (Å²) in [6.07, 6.45) is 5.36. The molecule has 0 aliphatic carbocycles. The number of hydrogen-bond donors (Lipinski definition) is 1. The van der Waals surface area contributed by atoms with E-state index in [2.05, 4.69) is 26.8 Å². The molecule has 21 heavy (non-hydrogen) atoms. The number of ether oxygens (including phenoxy) is 2. The minimum atomic E-state index is 0.384. The fourth-order valence-corrected chi connectivity index (χ4v) is 2.62. The third-order valence-electron chi connectivity index (χ3n) is 3.18. The summed E-state index contributed by atoms with van der Waals surface area (Å²) in [6, 6.07) is 3.66. The number of aromatic nitrogens is 2. The predicted molar refractivity (Wildman–Crippen MR) is 86.4 cm³/mol. The zero-order valence-electron chi connectivity index (χ0n) is 12.1. The van der Waals surface area contributed by atoms with Gasteiger partial charge in [-0.3, -0.25) is 0 Å². The summed E-state index contributed by atoms with van der Waals surface area (Å²) in [5.74, 6) is 5.11. The Morgan fingerprint density at radius 3 is 2.52 bits per heavy atom. The average Bonchev–Trinajstić information content (AvgIpc) is 2.75. The van der Waals surface area contributed by atoms with Crippen LogP contribution in [0, 0.1) is 19.3 Å². The minimum Gasteiger partial charge on any atom is -0.493 e. The van der Waals surface area contributed by atoms with Crippen LogP contribution in [0.4, 0.5) is 5.82 Å². The monoisotopic (exact) mass is 349 g/mol. The van der Waals surface area contributed by atoms with Gasteiger partial charge in [0, 0.05) is 10.0 Å². The summed E-state index contributed by atoms with van der Waals surface area (Å²) in [4.78, 5) is 4.51. The van der Waals surface area contributed by atoms with Gasteiger partial charge < -0.3 is 19.8 Å². The van der Waals surface area contributed by atoms with Crippen molar-refractivity contribution in [3.8, 4) is 35.1 Å². The van der Waals surface area contributed by atoms with Gasteiger partial charge in [0.05, 0.1) is 20.8 Å². The third kappa shape index (κ3) is 2.69. The highest BCUT2D eigenvalue weighted by atomic mass is 79.9. The van der Waals surface area contributed by atoms with Crippen molar-refractivity contribution >= 4 is 21.7 Å². The molecule has 0 bridgehead atoms. The van der Waals surface area contributed by atoms with Crippen LogP contribution in [0.15, 0.2) is 16.6 Å². The summed E-state index contributed by atoms with van der Waals surface area (Å²) in [6.45, 7) is 2.25. The summed E-state index contributed by atoms with van der Waals surface area (Å²) in [5.41, 5.74) is 7.65. The second-order valence-corrected chi connectivity index (χ2v) is 5.22. The van der Waals surface area contributed by atoms with Gasteiger partial charge in [-0.05, 0) is 35.0 Å². The molecule has 6 heteroatoms. The van der Waals surface area contributed by atoms with Crippen molar-refractivity contribution in [1.82, 2.24) is 9.55 Å². The van der Waals surface area contributed by atoms with Gasteiger partial charge >= 0.3 is 0 Å². The van der Waals surface area contributed by atoms with Crippen molar-refractivity contribution < 1.29 is 9.47 Å². The second kappa shape index (κ2) is 6.10. The van der Waals surface area contributed by atoms with Crippen LogP contribution in [0.1, 0.15) is 5.82 Å². The molecule has 0 radical (unpaired) electrons. The molecule has 0 amide bonds. The van der Waals surface area contributed by atoms with Crippen molar-refractivity contribution in [3.63, 3.8) is 0 Å². The van der Waals surface area contributed by atoms with Crippen LogP contribution in [0.3, 0.4) is 0 Å². The Morgan fingerprint density at radius 1 is 1.33 bits per heavy atom. The highest BCUT2D eigenvalue weighted by Gasteiger charge is 2.18. The molecule has 0 spiro atoms. The molecule has 0 aliphatic rings. The molecular weight excluding hydrogens is 334 g/mol. The van der Waals surface area contributed by atoms with Gasteiger partial charge in [-0.1, -0.05) is 5.92 Å². The molecule has 2 N–H and O–H groups in total. The van der Waals surface area contributed by atoms with E-state index < -0.39 is 0 Å². The molecule has 1 heterocycles. The zero-order chi connectivity index (χ0) is 15.6. The van der Waals surface area contributed by atoms with E-state index in [9.17, 15) is 0 Å². The molecule has 1 aromatic heterocycles. The predicted octanol–water partition coefficient (Wildman–Crippen LogP) is 2.85. The molecule has 0 fully saturated rings. The van der Waals surface area contributed by atoms with E-state index in [0.29, 0.717) is 29.6 Å².